The largest absolute Gasteiger partial charge is 0.436 e. The smallest absolute Gasteiger partial charge is 0.262 e. The second kappa shape index (κ2) is 6.16. The SMILES string of the molecule is C[C@@H](c1ccccc1)N1C(=O)c2ccc(-c3nc4ccccc4o3)cc2C1=O. The number of hydrogen-bond donors (Lipinski definition) is 0. The standard InChI is InChI=1S/C23H16N2O3/c1-14(15-7-3-2-4-8-15)25-22(26)17-12-11-16(13-18(17)23(25)27)21-24-19-9-5-6-10-20(19)28-21/h2-14H,1H3/t14-/m0/s1. The number of nitrogens with zero attached hydrogens (tertiary/aromatic N) is 2. The minimum Gasteiger partial charge on any atom is -0.436 e. The fourth-order valence-corrected chi connectivity index (χ4v) is 3.62. The molecule has 1 aromatic heterocycles. The van der Waals surface area contributed by atoms with Crippen molar-refractivity contribution in [3.05, 3.63) is 89.5 Å². The maximum Gasteiger partial charge on any atom is 0.262 e. The van der Waals surface area contributed by atoms with Gasteiger partial charge in [-0.25, -0.2) is 4.98 Å². The van der Waals surface area contributed by atoms with Crippen molar-refractivity contribution in [1.29, 1.82) is 0 Å². The van der Waals surface area contributed by atoms with Crippen molar-refractivity contribution in [1.82, 2.24) is 9.88 Å². The van der Waals surface area contributed by atoms with Gasteiger partial charge in [-0.1, -0.05) is 42.5 Å². The normalized spacial score (nSPS) is 14.5. The number of imide groups is 1. The molecule has 1 aliphatic rings. The molecule has 0 unspecified atom stereocenters. The van der Waals surface area contributed by atoms with E-state index in [2.05, 4.69) is 4.98 Å². The lowest BCUT2D eigenvalue weighted by molar-refractivity contribution is 0.0595. The number of benzene rings is 3. The van der Waals surface area contributed by atoms with Crippen LogP contribution in [0.3, 0.4) is 0 Å². The molecule has 0 bridgehead atoms. The van der Waals surface area contributed by atoms with Crippen LogP contribution in [-0.4, -0.2) is 21.7 Å². The van der Waals surface area contributed by atoms with Gasteiger partial charge >= 0.3 is 0 Å². The number of amides is 2. The van der Waals surface area contributed by atoms with Gasteiger partial charge < -0.3 is 4.42 Å². The van der Waals surface area contributed by atoms with Gasteiger partial charge in [0.25, 0.3) is 11.8 Å². The van der Waals surface area contributed by atoms with E-state index in [1.165, 1.54) is 4.90 Å². The summed E-state index contributed by atoms with van der Waals surface area (Å²) in [6.45, 7) is 1.86. The van der Waals surface area contributed by atoms with E-state index in [0.29, 0.717) is 28.2 Å². The Balaban J connectivity index is 1.54. The molecule has 3 aromatic carbocycles. The zero-order valence-corrected chi connectivity index (χ0v) is 15.1. The van der Waals surface area contributed by atoms with Crippen molar-refractivity contribution in [2.24, 2.45) is 0 Å². The van der Waals surface area contributed by atoms with E-state index in [0.717, 1.165) is 11.1 Å². The quantitative estimate of drug-likeness (QED) is 0.485. The third kappa shape index (κ3) is 2.44. The van der Waals surface area contributed by atoms with Gasteiger partial charge in [-0.05, 0) is 42.8 Å². The molecule has 5 heteroatoms. The molecule has 2 heterocycles. The van der Waals surface area contributed by atoms with E-state index in [-0.39, 0.29) is 17.9 Å². The summed E-state index contributed by atoms with van der Waals surface area (Å²) in [6, 6.07) is 21.8. The first-order chi connectivity index (χ1) is 13.6. The van der Waals surface area contributed by atoms with Crippen LogP contribution in [0.5, 0.6) is 0 Å². The predicted molar refractivity (Wildman–Crippen MR) is 105 cm³/mol. The Morgan fingerprint density at radius 1 is 0.857 bits per heavy atom. The molecule has 0 fully saturated rings. The summed E-state index contributed by atoms with van der Waals surface area (Å²) in [7, 11) is 0. The van der Waals surface area contributed by atoms with Crippen LogP contribution in [0.15, 0.2) is 77.2 Å². The summed E-state index contributed by atoms with van der Waals surface area (Å²) in [5.74, 6) is -0.145. The van der Waals surface area contributed by atoms with E-state index in [1.807, 2.05) is 61.5 Å². The molecule has 0 saturated carbocycles. The van der Waals surface area contributed by atoms with E-state index < -0.39 is 0 Å². The molecule has 0 aliphatic carbocycles. The van der Waals surface area contributed by atoms with Gasteiger partial charge in [0.05, 0.1) is 17.2 Å². The monoisotopic (exact) mass is 368 g/mol. The van der Waals surface area contributed by atoms with Crippen LogP contribution < -0.4 is 0 Å². The van der Waals surface area contributed by atoms with Crippen molar-refractivity contribution in [2.45, 2.75) is 13.0 Å². The van der Waals surface area contributed by atoms with E-state index in [9.17, 15) is 9.59 Å². The second-order valence-corrected chi connectivity index (χ2v) is 6.81. The summed E-state index contributed by atoms with van der Waals surface area (Å²) in [4.78, 5) is 31.7. The van der Waals surface area contributed by atoms with Gasteiger partial charge in [0, 0.05) is 5.56 Å². The highest BCUT2D eigenvalue weighted by atomic mass is 16.3. The van der Waals surface area contributed by atoms with Crippen molar-refractivity contribution >= 4 is 22.9 Å². The van der Waals surface area contributed by atoms with E-state index in [1.54, 1.807) is 18.2 Å². The average Bonchev–Trinajstić information content (AvgIpc) is 3.27. The van der Waals surface area contributed by atoms with Crippen molar-refractivity contribution in [3.63, 3.8) is 0 Å². The van der Waals surface area contributed by atoms with Crippen LogP contribution >= 0.6 is 0 Å². The highest BCUT2D eigenvalue weighted by Crippen LogP contribution is 2.34. The highest BCUT2D eigenvalue weighted by Gasteiger charge is 2.39. The number of fused-ring (bicyclic) bond motifs is 2. The Labute approximate surface area is 161 Å². The van der Waals surface area contributed by atoms with E-state index >= 15 is 0 Å². The Morgan fingerprint density at radius 2 is 1.57 bits per heavy atom. The molecule has 1 aliphatic heterocycles. The number of oxazole rings is 1. The molecule has 136 valence electrons. The lowest BCUT2D eigenvalue weighted by atomic mass is 10.1. The lowest BCUT2D eigenvalue weighted by Gasteiger charge is -2.22. The lowest BCUT2D eigenvalue weighted by Crippen LogP contribution is -2.32. The highest BCUT2D eigenvalue weighted by molar-refractivity contribution is 6.22. The Hall–Kier alpha value is -3.73. The number of hydrogen-bond acceptors (Lipinski definition) is 4. The Bertz CT molecular complexity index is 1190. The first-order valence-corrected chi connectivity index (χ1v) is 9.06. The van der Waals surface area contributed by atoms with Crippen LogP contribution in [0, 0.1) is 0 Å². The van der Waals surface area contributed by atoms with Crippen molar-refractivity contribution < 1.29 is 14.0 Å². The first-order valence-electron chi connectivity index (χ1n) is 9.06. The zero-order chi connectivity index (χ0) is 19.3. The minimum absolute atomic E-state index is 0.277. The fraction of sp³-hybridized carbons (Fsp3) is 0.0870. The average molecular weight is 368 g/mol. The number of carbonyl (C=O) groups excluding carboxylic acids is 2. The Kier molecular flexibility index (Phi) is 3.62. The van der Waals surface area contributed by atoms with Crippen LogP contribution in [0.1, 0.15) is 39.2 Å². The van der Waals surface area contributed by atoms with Gasteiger partial charge in [-0.3, -0.25) is 14.5 Å². The molecule has 0 N–H and O–H groups in total. The fourth-order valence-electron chi connectivity index (χ4n) is 3.62. The van der Waals surface area contributed by atoms with Crippen LogP contribution in [0.25, 0.3) is 22.6 Å². The summed E-state index contributed by atoms with van der Waals surface area (Å²) < 4.78 is 5.80. The molecule has 0 spiro atoms. The van der Waals surface area contributed by atoms with Crippen LogP contribution in [0.2, 0.25) is 0 Å². The van der Waals surface area contributed by atoms with Gasteiger partial charge in [0.1, 0.15) is 5.52 Å². The first kappa shape index (κ1) is 16.4. The predicted octanol–water partition coefficient (Wildman–Crippen LogP) is 4.85. The number of para-hydroxylation sites is 2. The van der Waals surface area contributed by atoms with E-state index in [4.69, 9.17) is 4.42 Å². The van der Waals surface area contributed by atoms with Gasteiger partial charge in [-0.2, -0.15) is 0 Å². The maximum absolute atomic E-state index is 13.0. The minimum atomic E-state index is -0.346. The molecule has 5 rings (SSSR count). The summed E-state index contributed by atoms with van der Waals surface area (Å²) in [5, 5.41) is 0. The molecular weight excluding hydrogens is 352 g/mol. The van der Waals surface area contributed by atoms with Gasteiger partial charge in [0.15, 0.2) is 5.58 Å². The summed E-state index contributed by atoms with van der Waals surface area (Å²) >= 11 is 0. The number of aromatic nitrogens is 1. The number of rotatable bonds is 3. The van der Waals surface area contributed by atoms with Crippen LogP contribution in [-0.2, 0) is 0 Å². The summed E-state index contributed by atoms with van der Waals surface area (Å²) in [6.07, 6.45) is 0. The van der Waals surface area contributed by atoms with Crippen molar-refractivity contribution in [2.75, 3.05) is 0 Å². The number of carbonyl (C=O) groups is 2. The molecule has 2 amide bonds. The molecule has 4 aromatic rings. The third-order valence-electron chi connectivity index (χ3n) is 5.13. The van der Waals surface area contributed by atoms with Gasteiger partial charge in [0.2, 0.25) is 5.89 Å². The molecular formula is C23H16N2O3. The van der Waals surface area contributed by atoms with Crippen molar-refractivity contribution in [3.8, 4) is 11.5 Å². The zero-order valence-electron chi connectivity index (χ0n) is 15.1. The van der Waals surface area contributed by atoms with Crippen LogP contribution in [0.4, 0.5) is 0 Å². The Morgan fingerprint density at radius 3 is 2.36 bits per heavy atom. The molecule has 1 atom stereocenters. The molecule has 5 nitrogen and oxygen atoms in total. The molecule has 0 radical (unpaired) electrons. The molecule has 0 saturated heterocycles. The topological polar surface area (TPSA) is 63.4 Å². The summed E-state index contributed by atoms with van der Waals surface area (Å²) in [5.41, 5.74) is 3.81. The molecule has 28 heavy (non-hydrogen) atoms. The third-order valence-corrected chi connectivity index (χ3v) is 5.13. The second-order valence-electron chi connectivity index (χ2n) is 6.81. The van der Waals surface area contributed by atoms with Gasteiger partial charge in [-0.15, -0.1) is 0 Å². The maximum atomic E-state index is 13.0.